The molecule has 1 rings (SSSR count). The molecule has 0 aliphatic carbocycles. The van der Waals surface area contributed by atoms with Crippen molar-refractivity contribution < 1.29 is 4.79 Å². The second-order valence-electron chi connectivity index (χ2n) is 3.31. The molecule has 0 unspecified atom stereocenters. The van der Waals surface area contributed by atoms with E-state index in [1.807, 2.05) is 25.2 Å². The first-order chi connectivity index (χ1) is 6.65. The van der Waals surface area contributed by atoms with Crippen LogP contribution in [-0.4, -0.2) is 23.2 Å². The average Bonchev–Trinajstić information content (AvgIpc) is 2.20. The van der Waals surface area contributed by atoms with E-state index >= 15 is 0 Å². The lowest BCUT2D eigenvalue weighted by atomic mass is 10.1. The molecular weight excluding hydrogens is 242 g/mol. The fourth-order valence-electron chi connectivity index (χ4n) is 1.23. The third kappa shape index (κ3) is 2.84. The van der Waals surface area contributed by atoms with Crippen LogP contribution in [0.3, 0.4) is 0 Å². The molecule has 0 aliphatic heterocycles. The van der Waals surface area contributed by atoms with Crippen LogP contribution in [0.5, 0.6) is 0 Å². The molecule has 0 saturated heterocycles. The first kappa shape index (κ1) is 11.2. The van der Waals surface area contributed by atoms with Crippen molar-refractivity contribution >= 4 is 21.8 Å². The number of hydrogen-bond acceptors (Lipinski definition) is 1. The molecule has 0 radical (unpaired) electrons. The minimum atomic E-state index is 0.105. The molecule has 0 saturated carbocycles. The smallest absolute Gasteiger partial charge is 0.233 e. The molecule has 0 aliphatic rings. The minimum Gasteiger partial charge on any atom is -0.341 e. The Hall–Kier alpha value is -0.830. The van der Waals surface area contributed by atoms with Crippen LogP contribution in [-0.2, 0) is 11.3 Å². The standard InChI is InChI=1S/C11H14BrNO/c1-9-5-3-4-6-10(9)8-13(2)11(14)7-12/h3-6H,7-8H2,1-2H3. The highest BCUT2D eigenvalue weighted by Gasteiger charge is 2.07. The zero-order valence-corrected chi connectivity index (χ0v) is 10.0. The summed E-state index contributed by atoms with van der Waals surface area (Å²) in [4.78, 5) is 13.0. The van der Waals surface area contributed by atoms with Gasteiger partial charge in [-0.3, -0.25) is 4.79 Å². The maximum Gasteiger partial charge on any atom is 0.233 e. The molecule has 0 atom stereocenters. The molecule has 0 heterocycles. The fraction of sp³-hybridized carbons (Fsp3) is 0.364. The molecule has 14 heavy (non-hydrogen) atoms. The van der Waals surface area contributed by atoms with Crippen LogP contribution in [0.4, 0.5) is 0 Å². The molecule has 0 N–H and O–H groups in total. The van der Waals surface area contributed by atoms with Gasteiger partial charge in [0.25, 0.3) is 0 Å². The molecule has 1 aromatic carbocycles. The summed E-state index contributed by atoms with van der Waals surface area (Å²) < 4.78 is 0. The van der Waals surface area contributed by atoms with Crippen LogP contribution < -0.4 is 0 Å². The van der Waals surface area contributed by atoms with Crippen LogP contribution in [0.1, 0.15) is 11.1 Å². The van der Waals surface area contributed by atoms with Crippen molar-refractivity contribution in [1.82, 2.24) is 4.90 Å². The van der Waals surface area contributed by atoms with Crippen molar-refractivity contribution in [3.8, 4) is 0 Å². The summed E-state index contributed by atoms with van der Waals surface area (Å²) in [7, 11) is 1.82. The minimum absolute atomic E-state index is 0.105. The highest BCUT2D eigenvalue weighted by atomic mass is 79.9. The van der Waals surface area contributed by atoms with E-state index in [0.29, 0.717) is 11.9 Å². The summed E-state index contributed by atoms with van der Waals surface area (Å²) in [6, 6.07) is 8.11. The van der Waals surface area contributed by atoms with Gasteiger partial charge in [-0.25, -0.2) is 0 Å². The van der Waals surface area contributed by atoms with Gasteiger partial charge in [-0.1, -0.05) is 40.2 Å². The molecule has 3 heteroatoms. The van der Waals surface area contributed by atoms with E-state index < -0.39 is 0 Å². The molecule has 2 nitrogen and oxygen atoms in total. The molecule has 76 valence electrons. The van der Waals surface area contributed by atoms with Crippen LogP contribution in [0.25, 0.3) is 0 Å². The Morgan fingerprint density at radius 1 is 1.43 bits per heavy atom. The number of halogens is 1. The molecule has 1 amide bonds. The Bertz CT molecular complexity index is 325. The molecule has 0 fully saturated rings. The summed E-state index contributed by atoms with van der Waals surface area (Å²) in [6.45, 7) is 2.74. The molecule has 0 spiro atoms. The normalized spacial score (nSPS) is 9.93. The van der Waals surface area contributed by atoms with Crippen LogP contribution in [0, 0.1) is 6.92 Å². The summed E-state index contributed by atoms with van der Waals surface area (Å²) in [5, 5.41) is 0.384. The van der Waals surface area contributed by atoms with E-state index in [0.717, 1.165) is 0 Å². The van der Waals surface area contributed by atoms with Crippen molar-refractivity contribution in [1.29, 1.82) is 0 Å². The van der Waals surface area contributed by atoms with Crippen LogP contribution >= 0.6 is 15.9 Å². The number of nitrogens with zero attached hydrogens (tertiary/aromatic N) is 1. The van der Waals surface area contributed by atoms with Crippen molar-refractivity contribution in [2.75, 3.05) is 12.4 Å². The van der Waals surface area contributed by atoms with Gasteiger partial charge in [-0.2, -0.15) is 0 Å². The Morgan fingerprint density at radius 2 is 2.07 bits per heavy atom. The molecule has 0 bridgehead atoms. The monoisotopic (exact) mass is 255 g/mol. The number of carbonyl (C=O) groups is 1. The number of carbonyl (C=O) groups excluding carboxylic acids is 1. The Labute approximate surface area is 93.0 Å². The lowest BCUT2D eigenvalue weighted by Crippen LogP contribution is -2.27. The van der Waals surface area contributed by atoms with Gasteiger partial charge in [-0.15, -0.1) is 0 Å². The van der Waals surface area contributed by atoms with Crippen molar-refractivity contribution in [2.24, 2.45) is 0 Å². The van der Waals surface area contributed by atoms with E-state index in [2.05, 4.69) is 28.9 Å². The number of aryl methyl sites for hydroxylation is 1. The van der Waals surface area contributed by atoms with E-state index in [4.69, 9.17) is 0 Å². The summed E-state index contributed by atoms with van der Waals surface area (Å²) in [5.41, 5.74) is 2.42. The van der Waals surface area contributed by atoms with Gasteiger partial charge >= 0.3 is 0 Å². The topological polar surface area (TPSA) is 20.3 Å². The lowest BCUT2D eigenvalue weighted by Gasteiger charge is -2.17. The lowest BCUT2D eigenvalue weighted by molar-refractivity contribution is -0.127. The van der Waals surface area contributed by atoms with E-state index in [9.17, 15) is 4.79 Å². The Kier molecular flexibility index (Phi) is 4.14. The fourth-order valence-corrected chi connectivity index (χ4v) is 1.66. The number of rotatable bonds is 3. The van der Waals surface area contributed by atoms with Gasteiger partial charge in [0.15, 0.2) is 0 Å². The Balaban J connectivity index is 2.69. The predicted octanol–water partition coefficient (Wildman–Crippen LogP) is 2.35. The number of hydrogen-bond donors (Lipinski definition) is 0. The van der Waals surface area contributed by atoms with Gasteiger partial charge in [0.2, 0.25) is 5.91 Å². The molecule has 1 aromatic rings. The quantitative estimate of drug-likeness (QED) is 0.760. The number of alkyl halides is 1. The van der Waals surface area contributed by atoms with E-state index in [-0.39, 0.29) is 5.91 Å². The second-order valence-corrected chi connectivity index (χ2v) is 3.87. The summed E-state index contributed by atoms with van der Waals surface area (Å²) in [5.74, 6) is 0.105. The highest BCUT2D eigenvalue weighted by Crippen LogP contribution is 2.09. The van der Waals surface area contributed by atoms with Crippen LogP contribution in [0.15, 0.2) is 24.3 Å². The van der Waals surface area contributed by atoms with E-state index in [1.54, 1.807) is 4.90 Å². The molecular formula is C11H14BrNO. The predicted molar refractivity (Wildman–Crippen MR) is 61.4 cm³/mol. The Morgan fingerprint density at radius 3 is 2.64 bits per heavy atom. The SMILES string of the molecule is Cc1ccccc1CN(C)C(=O)CBr. The van der Waals surface area contributed by atoms with Gasteiger partial charge in [0, 0.05) is 13.6 Å². The van der Waals surface area contributed by atoms with Crippen molar-refractivity contribution in [3.63, 3.8) is 0 Å². The third-order valence-corrected chi connectivity index (χ3v) is 2.69. The summed E-state index contributed by atoms with van der Waals surface area (Å²) >= 11 is 3.16. The van der Waals surface area contributed by atoms with Gasteiger partial charge in [0.05, 0.1) is 5.33 Å². The van der Waals surface area contributed by atoms with Crippen LogP contribution in [0.2, 0.25) is 0 Å². The first-order valence-electron chi connectivity index (χ1n) is 4.49. The summed E-state index contributed by atoms with van der Waals surface area (Å²) in [6.07, 6.45) is 0. The average molecular weight is 256 g/mol. The number of benzene rings is 1. The zero-order valence-electron chi connectivity index (χ0n) is 8.46. The van der Waals surface area contributed by atoms with Gasteiger partial charge < -0.3 is 4.90 Å². The number of amides is 1. The zero-order chi connectivity index (χ0) is 10.6. The second kappa shape index (κ2) is 5.15. The maximum absolute atomic E-state index is 11.3. The highest BCUT2D eigenvalue weighted by molar-refractivity contribution is 9.09. The third-order valence-electron chi connectivity index (χ3n) is 2.21. The van der Waals surface area contributed by atoms with Gasteiger partial charge in [-0.05, 0) is 18.1 Å². The van der Waals surface area contributed by atoms with E-state index in [1.165, 1.54) is 11.1 Å². The van der Waals surface area contributed by atoms with Crippen molar-refractivity contribution in [2.45, 2.75) is 13.5 Å². The molecule has 0 aromatic heterocycles. The van der Waals surface area contributed by atoms with Crippen molar-refractivity contribution in [3.05, 3.63) is 35.4 Å². The van der Waals surface area contributed by atoms with Gasteiger partial charge in [0.1, 0.15) is 0 Å². The maximum atomic E-state index is 11.3. The largest absolute Gasteiger partial charge is 0.341 e. The first-order valence-corrected chi connectivity index (χ1v) is 5.61.